The molecule has 18 nitrogen and oxygen atoms in total. The van der Waals surface area contributed by atoms with Crippen LogP contribution in [0.5, 0.6) is 5.88 Å². The molecule has 0 saturated carbocycles. The largest absolute Gasteiger partial charge is 0.481 e. The first-order valence-corrected chi connectivity index (χ1v) is 29.3. The highest BCUT2D eigenvalue weighted by Crippen LogP contribution is 2.35. The van der Waals surface area contributed by atoms with Crippen molar-refractivity contribution in [2.75, 3.05) is 7.11 Å². The Morgan fingerprint density at radius 1 is 0.734 bits per heavy atom. The summed E-state index contributed by atoms with van der Waals surface area (Å²) in [6.07, 6.45) is 2.66. The number of aliphatic hydroxyl groups excluding tert-OH is 1. The number of nitrogens with one attached hydrogen (secondary N) is 1. The number of sulfone groups is 2. The molecule has 0 radical (unpaired) electrons. The van der Waals surface area contributed by atoms with Crippen LogP contribution in [0.2, 0.25) is 5.02 Å². The quantitative estimate of drug-likeness (QED) is 0.102. The van der Waals surface area contributed by atoms with Gasteiger partial charge in [0.25, 0.3) is 17.1 Å². The Morgan fingerprint density at radius 3 is 1.70 bits per heavy atom. The Bertz CT molecular complexity index is 4150. The maximum atomic E-state index is 13.8. The molecule has 9 aromatic rings. The van der Waals surface area contributed by atoms with Crippen LogP contribution in [0.4, 0.5) is 8.78 Å². The Hall–Kier alpha value is -6.78. The van der Waals surface area contributed by atoms with Crippen molar-refractivity contribution in [2.45, 2.75) is 34.4 Å². The summed E-state index contributed by atoms with van der Waals surface area (Å²) in [5.41, 5.74) is 2.30. The van der Waals surface area contributed by atoms with E-state index in [0.717, 1.165) is 6.92 Å². The number of aliphatic hydroxyl groups is 1. The van der Waals surface area contributed by atoms with Gasteiger partial charge < -0.3 is 29.3 Å². The third-order valence-electron chi connectivity index (χ3n) is 11.0. The predicted octanol–water partition coefficient (Wildman–Crippen LogP) is 10.5. The highest BCUT2D eigenvalue weighted by molar-refractivity contribution is 9.69. The molecular formula is C51H38BBr3Cl2F2N6O12S2. The molecule has 1 aliphatic heterocycles. The monoisotopic (exact) mass is 1350 g/mol. The molecule has 0 aliphatic carbocycles. The number of pyridine rings is 3. The number of fused-ring (bicyclic) bond motifs is 2. The van der Waals surface area contributed by atoms with Gasteiger partial charge in [-0.2, -0.15) is 0 Å². The highest BCUT2D eigenvalue weighted by Gasteiger charge is 2.26. The number of ether oxygens (including phenoxy) is 1. The first-order valence-electron chi connectivity index (χ1n) is 22.5. The second kappa shape index (κ2) is 26.0. The van der Waals surface area contributed by atoms with Crippen molar-refractivity contribution in [2.24, 2.45) is 0 Å². The van der Waals surface area contributed by atoms with E-state index in [0.29, 0.717) is 38.6 Å². The fourth-order valence-corrected chi connectivity index (χ4v) is 10.9. The lowest BCUT2D eigenvalue weighted by Crippen LogP contribution is -2.37. The van der Waals surface area contributed by atoms with Crippen molar-refractivity contribution in [1.82, 2.24) is 29.7 Å². The molecule has 0 fully saturated rings. The highest BCUT2D eigenvalue weighted by atomic mass is 79.9. The molecule has 10 rings (SSSR count). The minimum absolute atomic E-state index is 0.0424. The summed E-state index contributed by atoms with van der Waals surface area (Å²) < 4.78 is 96.6. The van der Waals surface area contributed by atoms with Crippen molar-refractivity contribution in [3.63, 3.8) is 0 Å². The van der Waals surface area contributed by atoms with Crippen LogP contribution in [-0.2, 0) is 36.0 Å². The number of hydrogen-bond acceptors (Lipinski definition) is 15. The first kappa shape index (κ1) is 59.9. The minimum Gasteiger partial charge on any atom is -0.481 e. The lowest BCUT2D eigenvalue weighted by molar-refractivity contribution is -0.134. The molecule has 0 saturated heterocycles. The zero-order valence-electron chi connectivity index (χ0n) is 40.6. The Kier molecular flexibility index (Phi) is 19.7. The minimum atomic E-state index is -3.73. The number of benzene rings is 4. The summed E-state index contributed by atoms with van der Waals surface area (Å²) in [6.45, 7) is 1.08. The van der Waals surface area contributed by atoms with Gasteiger partial charge in [0.15, 0.2) is 25.9 Å². The van der Waals surface area contributed by atoms with Gasteiger partial charge in [0.05, 0.1) is 66.5 Å². The molecule has 4 aromatic carbocycles. The van der Waals surface area contributed by atoms with Gasteiger partial charge in [0, 0.05) is 53.1 Å². The lowest BCUT2D eigenvalue weighted by Gasteiger charge is -2.27. The molecule has 3 N–H and O–H groups in total. The zero-order valence-corrected chi connectivity index (χ0v) is 48.5. The molecule has 1 atom stereocenters. The molecule has 28 heteroatoms. The average molecular weight is 1350 g/mol. The van der Waals surface area contributed by atoms with Crippen LogP contribution in [0.1, 0.15) is 23.9 Å². The molecule has 0 amide bonds. The standard InChI is InChI=1S/C25H17ClFN3O5S.C24H17ClFN3O5S.C2H4O2.BBr3/c1-34-25-22(13-20(26)24(28-25)16-3-2-4-17(27)11-16)30-21-7-6-19(12-15(21)5-8-23(30)31)36(32,33)14-18-9-10-35-29-18;25-19-12-21(24(31)27-23(19)15-2-1-3-16(26)10-15)29-20-6-5-18(11-14(20)4-7-22(29)30)35(32,33)13-17-8-9-34-28-17;1-2(3)4;2-1(3)4/h2-13H,14H2,1H3;1-12,24,27,31H,13H2;1H3,(H,3,4);. The maximum Gasteiger partial charge on any atom is 0.369 e. The van der Waals surface area contributed by atoms with Gasteiger partial charge in [-0.25, -0.2) is 30.6 Å². The van der Waals surface area contributed by atoms with E-state index in [2.05, 4.69) is 67.9 Å². The molecule has 6 heterocycles. The van der Waals surface area contributed by atoms with Gasteiger partial charge >= 0.3 is 3.18 Å². The number of dihydropyridines is 1. The van der Waals surface area contributed by atoms with Gasteiger partial charge in [-0.1, -0.05) is 57.8 Å². The van der Waals surface area contributed by atoms with E-state index in [4.69, 9.17) is 46.9 Å². The number of allylic oxidation sites excluding steroid dienone is 2. The molecular weight excluding hydrogens is 1310 g/mol. The number of rotatable bonds is 11. The van der Waals surface area contributed by atoms with Crippen LogP contribution in [0.3, 0.4) is 0 Å². The van der Waals surface area contributed by atoms with E-state index in [-0.39, 0.29) is 68.9 Å². The van der Waals surface area contributed by atoms with Crippen molar-refractivity contribution >= 4 is 133 Å². The van der Waals surface area contributed by atoms with Crippen molar-refractivity contribution in [3.05, 3.63) is 205 Å². The van der Waals surface area contributed by atoms with Crippen molar-refractivity contribution in [3.8, 4) is 22.8 Å². The molecule has 1 aliphatic rings. The summed E-state index contributed by atoms with van der Waals surface area (Å²) in [5, 5.41) is 29.6. The van der Waals surface area contributed by atoms with Crippen LogP contribution in [0.15, 0.2) is 179 Å². The van der Waals surface area contributed by atoms with Gasteiger partial charge in [0.1, 0.15) is 41.4 Å². The van der Waals surface area contributed by atoms with E-state index >= 15 is 0 Å². The second-order valence-electron chi connectivity index (χ2n) is 16.4. The molecule has 0 bridgehead atoms. The third kappa shape index (κ3) is 14.9. The second-order valence-corrected chi connectivity index (χ2v) is 27.7. The first-order chi connectivity index (χ1) is 37.5. The SMILES string of the molecule is BrB(Br)Br.CC(=O)O.COc1nc(-c2cccc(F)c2)c(Cl)cc1-n1c(=O)ccc2cc(S(=O)(=O)Cc3ccon3)ccc21.O=c1ccc2cc(S(=O)(=O)Cc3ccon3)ccc2n1C1=CC(Cl)=C(c2cccc(F)c2)NC1O. The summed E-state index contributed by atoms with van der Waals surface area (Å²) in [7, 11) is -6.06. The Labute approximate surface area is 482 Å². The molecule has 5 aromatic heterocycles. The van der Waals surface area contributed by atoms with E-state index in [9.17, 15) is 40.3 Å². The van der Waals surface area contributed by atoms with Gasteiger partial charge in [-0.05, 0) is 84.9 Å². The Morgan fingerprint density at radius 2 is 1.22 bits per heavy atom. The summed E-state index contributed by atoms with van der Waals surface area (Å²) in [6, 6.07) is 30.3. The summed E-state index contributed by atoms with van der Waals surface area (Å²) in [4.78, 5) is 39.3. The fraction of sp³-hybridized carbons (Fsp3) is 0.0980. The van der Waals surface area contributed by atoms with E-state index < -0.39 is 54.6 Å². The van der Waals surface area contributed by atoms with E-state index in [1.54, 1.807) is 12.1 Å². The number of carboxylic acids is 1. The summed E-state index contributed by atoms with van der Waals surface area (Å²) in [5.74, 6) is -2.34. The van der Waals surface area contributed by atoms with E-state index in [1.165, 1.54) is 150 Å². The predicted molar refractivity (Wildman–Crippen MR) is 306 cm³/mol. The van der Waals surface area contributed by atoms with Crippen LogP contribution in [0.25, 0.3) is 50.1 Å². The molecule has 1 unspecified atom stereocenters. The number of halogens is 7. The van der Waals surface area contributed by atoms with Crippen LogP contribution >= 0.6 is 70.5 Å². The molecule has 408 valence electrons. The fourth-order valence-electron chi connectivity index (χ4n) is 7.75. The Balaban J connectivity index is 0.000000202. The number of carbonyl (C=O) groups is 1. The zero-order chi connectivity index (χ0) is 57.3. The number of hydrogen-bond donors (Lipinski definition) is 3. The number of nitrogens with zero attached hydrogens (tertiary/aromatic N) is 5. The van der Waals surface area contributed by atoms with Crippen molar-refractivity contribution < 1.29 is 54.4 Å². The van der Waals surface area contributed by atoms with Crippen LogP contribution in [-0.4, -0.2) is 74.0 Å². The lowest BCUT2D eigenvalue weighted by atomic mass is 10.1. The van der Waals surface area contributed by atoms with E-state index in [1.807, 2.05) is 0 Å². The number of methoxy groups -OCH3 is 1. The number of carboxylic acid groups (broad SMARTS) is 1. The van der Waals surface area contributed by atoms with Crippen LogP contribution < -0.4 is 21.2 Å². The van der Waals surface area contributed by atoms with Gasteiger partial charge in [-0.15, -0.1) is 47.3 Å². The van der Waals surface area contributed by atoms with Crippen molar-refractivity contribution in [1.29, 1.82) is 0 Å². The topological polar surface area (TPSA) is 256 Å². The normalized spacial score (nSPS) is 13.2. The van der Waals surface area contributed by atoms with Crippen LogP contribution in [0, 0.1) is 11.6 Å². The molecule has 0 spiro atoms. The summed E-state index contributed by atoms with van der Waals surface area (Å²) >= 11 is 22.2. The number of aliphatic carboxylic acids is 1. The molecule has 79 heavy (non-hydrogen) atoms. The number of aromatic nitrogens is 5. The maximum absolute atomic E-state index is 13.8. The smallest absolute Gasteiger partial charge is 0.369 e. The van der Waals surface area contributed by atoms with Gasteiger partial charge in [-0.3, -0.25) is 23.5 Å². The average Bonchev–Trinajstić information content (AvgIpc) is 4.16. The van der Waals surface area contributed by atoms with Gasteiger partial charge in [0.2, 0.25) is 5.88 Å². The third-order valence-corrected chi connectivity index (χ3v) is 14.9.